The van der Waals surface area contributed by atoms with Gasteiger partial charge in [-0.2, -0.15) is 8.61 Å². The molecule has 0 unspecified atom stereocenters. The van der Waals surface area contributed by atoms with Crippen LogP contribution < -0.4 is 0 Å². The number of amides is 1. The SMILES string of the molecule is CCCN(CC(=O)N(Cc1ccccc1)C1CCN(S(=O)(=O)c2ccc(C)cc2)CC1)S(=O)(=O)c1ccccc1. The van der Waals surface area contributed by atoms with Crippen molar-refractivity contribution in [2.24, 2.45) is 0 Å². The number of hydrogen-bond acceptors (Lipinski definition) is 5. The van der Waals surface area contributed by atoms with Gasteiger partial charge in [0.2, 0.25) is 26.0 Å². The number of carbonyl (C=O) groups is 1. The molecule has 1 amide bonds. The van der Waals surface area contributed by atoms with Crippen LogP contribution >= 0.6 is 0 Å². The minimum absolute atomic E-state index is 0.153. The third kappa shape index (κ3) is 6.98. The first kappa shape index (κ1) is 29.9. The molecule has 0 aliphatic carbocycles. The summed E-state index contributed by atoms with van der Waals surface area (Å²) in [6.07, 6.45) is 1.49. The fraction of sp³-hybridized carbons (Fsp3) is 0.367. The molecule has 0 atom stereocenters. The van der Waals surface area contributed by atoms with Gasteiger partial charge in [0.1, 0.15) is 0 Å². The largest absolute Gasteiger partial charge is 0.334 e. The van der Waals surface area contributed by atoms with Crippen molar-refractivity contribution in [1.82, 2.24) is 13.5 Å². The maximum Gasteiger partial charge on any atom is 0.243 e. The third-order valence-corrected chi connectivity index (χ3v) is 11.0. The van der Waals surface area contributed by atoms with Crippen LogP contribution in [0.4, 0.5) is 0 Å². The normalized spacial score (nSPS) is 15.3. The molecule has 1 saturated heterocycles. The number of hydrogen-bond donors (Lipinski definition) is 0. The Morgan fingerprint density at radius 3 is 1.98 bits per heavy atom. The molecule has 0 N–H and O–H groups in total. The predicted octanol–water partition coefficient (Wildman–Crippen LogP) is 4.28. The van der Waals surface area contributed by atoms with Crippen LogP contribution in [0.2, 0.25) is 0 Å². The van der Waals surface area contributed by atoms with Gasteiger partial charge in [-0.25, -0.2) is 16.8 Å². The van der Waals surface area contributed by atoms with Crippen LogP contribution in [0, 0.1) is 6.92 Å². The number of benzene rings is 3. The fourth-order valence-corrected chi connectivity index (χ4v) is 7.94. The molecule has 0 saturated carbocycles. The van der Waals surface area contributed by atoms with Crippen LogP contribution in [-0.4, -0.2) is 68.5 Å². The van der Waals surface area contributed by atoms with E-state index in [2.05, 4.69) is 0 Å². The first-order valence-corrected chi connectivity index (χ1v) is 16.5. The predicted molar refractivity (Wildman–Crippen MR) is 155 cm³/mol. The van der Waals surface area contributed by atoms with Crippen molar-refractivity contribution in [3.63, 3.8) is 0 Å². The van der Waals surface area contributed by atoms with Crippen LogP contribution in [0.15, 0.2) is 94.7 Å². The van der Waals surface area contributed by atoms with Gasteiger partial charge < -0.3 is 4.90 Å². The third-order valence-electron chi connectivity index (χ3n) is 7.20. The zero-order valence-corrected chi connectivity index (χ0v) is 24.6. The summed E-state index contributed by atoms with van der Waals surface area (Å²) in [6.45, 7) is 4.60. The van der Waals surface area contributed by atoms with Crippen LogP contribution in [0.25, 0.3) is 0 Å². The molecular formula is C30H37N3O5S2. The van der Waals surface area contributed by atoms with Crippen LogP contribution in [0.1, 0.15) is 37.3 Å². The fourth-order valence-electron chi connectivity index (χ4n) is 4.97. The lowest BCUT2D eigenvalue weighted by molar-refractivity contribution is -0.135. The highest BCUT2D eigenvalue weighted by atomic mass is 32.2. The Morgan fingerprint density at radius 1 is 0.825 bits per heavy atom. The van der Waals surface area contributed by atoms with E-state index >= 15 is 0 Å². The van der Waals surface area contributed by atoms with E-state index in [1.807, 2.05) is 44.2 Å². The highest BCUT2D eigenvalue weighted by molar-refractivity contribution is 7.89. The minimum atomic E-state index is -3.86. The summed E-state index contributed by atoms with van der Waals surface area (Å²) >= 11 is 0. The smallest absolute Gasteiger partial charge is 0.243 e. The summed E-state index contributed by atoms with van der Waals surface area (Å²) < 4.78 is 56.0. The Morgan fingerprint density at radius 2 is 1.40 bits per heavy atom. The van der Waals surface area contributed by atoms with Gasteiger partial charge in [-0.3, -0.25) is 4.79 Å². The molecule has 214 valence electrons. The van der Waals surface area contributed by atoms with Crippen LogP contribution in [0.3, 0.4) is 0 Å². The molecule has 1 fully saturated rings. The summed E-state index contributed by atoms with van der Waals surface area (Å²) in [5, 5.41) is 0. The second-order valence-corrected chi connectivity index (χ2v) is 14.0. The molecule has 0 aromatic heterocycles. The van der Waals surface area contributed by atoms with E-state index in [1.165, 1.54) is 20.7 Å². The Hall–Kier alpha value is -3.05. The maximum atomic E-state index is 13.8. The molecule has 0 spiro atoms. The Bertz CT molecular complexity index is 1470. The number of nitrogens with zero attached hydrogens (tertiary/aromatic N) is 3. The van der Waals surface area contributed by atoms with E-state index in [0.717, 1.165) is 11.1 Å². The van der Waals surface area contributed by atoms with Crippen molar-refractivity contribution < 1.29 is 21.6 Å². The Balaban J connectivity index is 1.54. The van der Waals surface area contributed by atoms with Crippen LogP contribution in [-0.2, 0) is 31.4 Å². The quantitative estimate of drug-likeness (QED) is 0.336. The molecule has 0 radical (unpaired) electrons. The summed E-state index contributed by atoms with van der Waals surface area (Å²) in [5.74, 6) is -0.295. The topological polar surface area (TPSA) is 95.1 Å². The monoisotopic (exact) mass is 583 g/mol. The van der Waals surface area contributed by atoms with E-state index in [1.54, 1.807) is 47.4 Å². The summed E-state index contributed by atoms with van der Waals surface area (Å²) in [5.41, 5.74) is 1.91. The molecule has 1 aliphatic rings. The van der Waals surface area contributed by atoms with Gasteiger partial charge >= 0.3 is 0 Å². The number of piperidine rings is 1. The number of sulfonamides is 2. The van der Waals surface area contributed by atoms with Gasteiger partial charge in [-0.15, -0.1) is 0 Å². The summed E-state index contributed by atoms with van der Waals surface area (Å²) in [6, 6.07) is 24.3. The van der Waals surface area contributed by atoms with Gasteiger partial charge in [0.25, 0.3) is 0 Å². The average Bonchev–Trinajstić information content (AvgIpc) is 2.97. The highest BCUT2D eigenvalue weighted by Gasteiger charge is 2.35. The van der Waals surface area contributed by atoms with Gasteiger partial charge in [0.15, 0.2) is 0 Å². The van der Waals surface area contributed by atoms with Crippen LogP contribution in [0.5, 0.6) is 0 Å². The van der Waals surface area contributed by atoms with Gasteiger partial charge in [0.05, 0.1) is 16.3 Å². The van der Waals surface area contributed by atoms with E-state index in [4.69, 9.17) is 0 Å². The Kier molecular flexibility index (Phi) is 9.78. The number of carbonyl (C=O) groups excluding carboxylic acids is 1. The van der Waals surface area contributed by atoms with Gasteiger partial charge in [0, 0.05) is 32.2 Å². The van der Waals surface area contributed by atoms with E-state index in [-0.39, 0.29) is 47.9 Å². The zero-order valence-electron chi connectivity index (χ0n) is 23.0. The first-order chi connectivity index (χ1) is 19.1. The van der Waals surface area contributed by atoms with Crippen molar-refractivity contribution >= 4 is 26.0 Å². The second-order valence-electron chi connectivity index (χ2n) is 10.1. The lowest BCUT2D eigenvalue weighted by atomic mass is 10.0. The van der Waals surface area contributed by atoms with Crippen molar-refractivity contribution in [2.75, 3.05) is 26.2 Å². The summed E-state index contributed by atoms with van der Waals surface area (Å²) in [7, 11) is -7.50. The maximum absolute atomic E-state index is 13.8. The first-order valence-electron chi connectivity index (χ1n) is 13.6. The van der Waals surface area contributed by atoms with Crippen molar-refractivity contribution in [2.45, 2.75) is 55.5 Å². The number of rotatable bonds is 11. The molecule has 1 heterocycles. The molecule has 4 rings (SSSR count). The number of aryl methyl sites for hydroxylation is 1. The van der Waals surface area contributed by atoms with Gasteiger partial charge in [-0.1, -0.05) is 73.2 Å². The zero-order chi connectivity index (χ0) is 28.8. The molecule has 3 aromatic rings. The minimum Gasteiger partial charge on any atom is -0.334 e. The van der Waals surface area contributed by atoms with E-state index in [0.29, 0.717) is 25.8 Å². The molecule has 10 heteroatoms. The molecule has 40 heavy (non-hydrogen) atoms. The van der Waals surface area contributed by atoms with Crippen molar-refractivity contribution in [3.05, 3.63) is 96.1 Å². The highest BCUT2D eigenvalue weighted by Crippen LogP contribution is 2.26. The lowest BCUT2D eigenvalue weighted by Gasteiger charge is -2.39. The summed E-state index contributed by atoms with van der Waals surface area (Å²) in [4.78, 5) is 16.0. The van der Waals surface area contributed by atoms with Gasteiger partial charge in [-0.05, 0) is 56.0 Å². The molecule has 1 aliphatic heterocycles. The van der Waals surface area contributed by atoms with Crippen molar-refractivity contribution in [1.29, 1.82) is 0 Å². The molecule has 3 aromatic carbocycles. The second kappa shape index (κ2) is 13.1. The van der Waals surface area contributed by atoms with Crippen molar-refractivity contribution in [3.8, 4) is 0 Å². The molecular weight excluding hydrogens is 546 g/mol. The Labute approximate surface area is 238 Å². The molecule has 0 bridgehead atoms. The standard InChI is InChI=1S/C30H37N3O5S2/c1-3-20-32(40(37,38)28-12-8-5-9-13-28)24-30(34)33(23-26-10-6-4-7-11-26)27-18-21-31(22-19-27)39(35,36)29-16-14-25(2)15-17-29/h4-17,27H,3,18-24H2,1-2H3. The molecule has 8 nitrogen and oxygen atoms in total. The van der Waals surface area contributed by atoms with E-state index < -0.39 is 20.0 Å². The lowest BCUT2D eigenvalue weighted by Crippen LogP contribution is -2.51. The van der Waals surface area contributed by atoms with E-state index in [9.17, 15) is 21.6 Å². The average molecular weight is 584 g/mol.